The predicted octanol–water partition coefficient (Wildman–Crippen LogP) is 4.08. The highest BCUT2D eigenvalue weighted by Crippen LogP contribution is 2.25. The Hall–Kier alpha value is -3.80. The Kier molecular flexibility index (Phi) is 5.16. The lowest BCUT2D eigenvalue weighted by molar-refractivity contribution is -0.147. The number of ether oxygens (including phenoxy) is 3. The van der Waals surface area contributed by atoms with E-state index in [1.165, 1.54) is 13.2 Å². The number of carbonyl (C=O) groups is 1. The molecule has 0 amide bonds. The Bertz CT molecular complexity index is 1240. The van der Waals surface area contributed by atoms with Crippen LogP contribution < -0.4 is 15.1 Å². The third kappa shape index (κ3) is 4.06. The van der Waals surface area contributed by atoms with E-state index < -0.39 is 11.6 Å². The van der Waals surface area contributed by atoms with Gasteiger partial charge in [-0.15, -0.1) is 0 Å². The molecule has 0 N–H and O–H groups in total. The minimum atomic E-state index is -0.534. The second-order valence-electron chi connectivity index (χ2n) is 6.38. The average molecular weight is 390 g/mol. The van der Waals surface area contributed by atoms with E-state index >= 15 is 0 Å². The minimum absolute atomic E-state index is 0.0633. The van der Waals surface area contributed by atoms with Crippen molar-refractivity contribution in [2.75, 3.05) is 13.7 Å². The van der Waals surface area contributed by atoms with Crippen LogP contribution in [0.25, 0.3) is 21.7 Å². The normalized spacial score (nSPS) is 10.8. The highest BCUT2D eigenvalue weighted by molar-refractivity contribution is 5.88. The summed E-state index contributed by atoms with van der Waals surface area (Å²) in [5.74, 6) is 0.643. The lowest BCUT2D eigenvalue weighted by Crippen LogP contribution is -2.15. The van der Waals surface area contributed by atoms with Gasteiger partial charge in [0.2, 0.25) is 0 Å². The molecule has 0 aliphatic heterocycles. The van der Waals surface area contributed by atoms with Gasteiger partial charge in [-0.2, -0.15) is 0 Å². The minimum Gasteiger partial charge on any atom is -0.497 e. The van der Waals surface area contributed by atoms with E-state index in [-0.39, 0.29) is 13.2 Å². The Balaban J connectivity index is 1.45. The Morgan fingerprint density at radius 3 is 2.66 bits per heavy atom. The van der Waals surface area contributed by atoms with Crippen molar-refractivity contribution in [3.8, 4) is 11.5 Å². The topological polar surface area (TPSA) is 75.0 Å². The molecule has 146 valence electrons. The van der Waals surface area contributed by atoms with Crippen LogP contribution in [0.2, 0.25) is 0 Å². The first-order valence-corrected chi connectivity index (χ1v) is 9.01. The van der Waals surface area contributed by atoms with E-state index in [1.54, 1.807) is 24.3 Å². The number of fused-ring (bicyclic) bond motifs is 2. The van der Waals surface area contributed by atoms with E-state index in [9.17, 15) is 9.59 Å². The third-order valence-corrected chi connectivity index (χ3v) is 4.52. The van der Waals surface area contributed by atoms with Gasteiger partial charge in [-0.1, -0.05) is 36.4 Å². The third-order valence-electron chi connectivity index (χ3n) is 4.52. The molecule has 29 heavy (non-hydrogen) atoms. The van der Waals surface area contributed by atoms with Gasteiger partial charge in [0.15, 0.2) is 6.61 Å². The maximum Gasteiger partial charge on any atom is 0.344 e. The number of hydrogen-bond donors (Lipinski definition) is 0. The molecule has 6 nitrogen and oxygen atoms in total. The van der Waals surface area contributed by atoms with Gasteiger partial charge in [-0.05, 0) is 23.6 Å². The maximum atomic E-state index is 12.2. The fraction of sp³-hybridized carbons (Fsp3) is 0.130. The van der Waals surface area contributed by atoms with E-state index in [4.69, 9.17) is 18.6 Å². The van der Waals surface area contributed by atoms with Gasteiger partial charge in [0.25, 0.3) is 0 Å². The second-order valence-corrected chi connectivity index (χ2v) is 6.38. The highest BCUT2D eigenvalue weighted by Gasteiger charge is 2.11. The lowest BCUT2D eigenvalue weighted by Gasteiger charge is -2.10. The summed E-state index contributed by atoms with van der Waals surface area (Å²) in [7, 11) is 1.53. The van der Waals surface area contributed by atoms with Gasteiger partial charge in [-0.3, -0.25) is 0 Å². The summed E-state index contributed by atoms with van der Waals surface area (Å²) in [4.78, 5) is 24.0. The molecule has 6 heteroatoms. The van der Waals surface area contributed by atoms with Crippen molar-refractivity contribution >= 4 is 27.7 Å². The largest absolute Gasteiger partial charge is 0.497 e. The predicted molar refractivity (Wildman–Crippen MR) is 108 cm³/mol. The lowest BCUT2D eigenvalue weighted by atomic mass is 10.1. The summed E-state index contributed by atoms with van der Waals surface area (Å²) in [6, 6.07) is 19.8. The zero-order valence-corrected chi connectivity index (χ0v) is 15.7. The summed E-state index contributed by atoms with van der Waals surface area (Å²) >= 11 is 0. The SMILES string of the molecule is COc1ccc2c(COC(=O)COc3cccc4ccccc34)cc(=O)oc2c1. The molecule has 0 radical (unpaired) electrons. The Labute approximate surface area is 166 Å². The molecule has 0 saturated carbocycles. The van der Waals surface area contributed by atoms with Crippen LogP contribution in [0.15, 0.2) is 75.9 Å². The summed E-state index contributed by atoms with van der Waals surface area (Å²) in [6.45, 7) is -0.298. The Morgan fingerprint density at radius 2 is 1.79 bits per heavy atom. The highest BCUT2D eigenvalue weighted by atomic mass is 16.6. The number of carbonyl (C=O) groups excluding carboxylic acids is 1. The molecule has 1 aromatic heterocycles. The van der Waals surface area contributed by atoms with Crippen molar-refractivity contribution < 1.29 is 23.4 Å². The van der Waals surface area contributed by atoms with Crippen LogP contribution in [0, 0.1) is 0 Å². The van der Waals surface area contributed by atoms with Crippen LogP contribution in [0.3, 0.4) is 0 Å². The fourth-order valence-corrected chi connectivity index (χ4v) is 3.11. The molecule has 0 saturated heterocycles. The van der Waals surface area contributed by atoms with Gasteiger partial charge in [0.1, 0.15) is 23.7 Å². The van der Waals surface area contributed by atoms with Crippen LogP contribution in [0.5, 0.6) is 11.5 Å². The van der Waals surface area contributed by atoms with Gasteiger partial charge < -0.3 is 18.6 Å². The summed E-state index contributed by atoms with van der Waals surface area (Å²) in [5.41, 5.74) is 0.399. The first-order chi connectivity index (χ1) is 14.1. The monoisotopic (exact) mass is 390 g/mol. The van der Waals surface area contributed by atoms with Gasteiger partial charge in [0.05, 0.1) is 7.11 Å². The first-order valence-electron chi connectivity index (χ1n) is 9.01. The number of rotatable bonds is 6. The number of benzene rings is 3. The molecule has 0 aliphatic carbocycles. The van der Waals surface area contributed by atoms with E-state index in [0.29, 0.717) is 28.0 Å². The van der Waals surface area contributed by atoms with Gasteiger partial charge in [0, 0.05) is 28.5 Å². The quantitative estimate of drug-likeness (QED) is 0.365. The number of esters is 1. The van der Waals surface area contributed by atoms with Gasteiger partial charge >= 0.3 is 11.6 Å². The number of methoxy groups -OCH3 is 1. The molecule has 4 rings (SSSR count). The molecular weight excluding hydrogens is 372 g/mol. The van der Waals surface area contributed by atoms with Crippen molar-refractivity contribution in [2.45, 2.75) is 6.61 Å². The zero-order valence-electron chi connectivity index (χ0n) is 15.7. The van der Waals surface area contributed by atoms with Crippen LogP contribution in [-0.2, 0) is 16.1 Å². The molecule has 0 bridgehead atoms. The van der Waals surface area contributed by atoms with Crippen molar-refractivity contribution in [1.29, 1.82) is 0 Å². The average Bonchev–Trinajstić information content (AvgIpc) is 2.75. The molecular formula is C23H18O6. The first kappa shape index (κ1) is 18.6. The Morgan fingerprint density at radius 1 is 0.966 bits per heavy atom. The summed E-state index contributed by atoms with van der Waals surface area (Å²) < 4.78 is 21.3. The van der Waals surface area contributed by atoms with Crippen molar-refractivity contribution in [2.24, 2.45) is 0 Å². The van der Waals surface area contributed by atoms with Crippen LogP contribution in [0.4, 0.5) is 0 Å². The van der Waals surface area contributed by atoms with Crippen molar-refractivity contribution in [3.05, 3.63) is 82.7 Å². The number of hydrogen-bond acceptors (Lipinski definition) is 6. The summed E-state index contributed by atoms with van der Waals surface area (Å²) in [6.07, 6.45) is 0. The van der Waals surface area contributed by atoms with Crippen LogP contribution >= 0.6 is 0 Å². The smallest absolute Gasteiger partial charge is 0.344 e. The van der Waals surface area contributed by atoms with E-state index in [2.05, 4.69) is 0 Å². The molecule has 1 heterocycles. The zero-order chi connectivity index (χ0) is 20.2. The van der Waals surface area contributed by atoms with E-state index in [1.807, 2.05) is 36.4 Å². The van der Waals surface area contributed by atoms with E-state index in [0.717, 1.165) is 10.8 Å². The standard InChI is InChI=1S/C23H18O6/c1-26-17-9-10-19-16(11-22(24)29-21(19)12-17)13-28-23(25)14-27-20-8-4-6-15-5-2-3-7-18(15)20/h2-12H,13-14H2,1H3. The molecule has 0 spiro atoms. The second kappa shape index (κ2) is 8.06. The maximum absolute atomic E-state index is 12.2. The van der Waals surface area contributed by atoms with Gasteiger partial charge in [-0.25, -0.2) is 9.59 Å². The van der Waals surface area contributed by atoms with Crippen molar-refractivity contribution in [3.63, 3.8) is 0 Å². The summed E-state index contributed by atoms with van der Waals surface area (Å²) in [5, 5.41) is 2.62. The molecule has 0 atom stereocenters. The van der Waals surface area contributed by atoms with Crippen molar-refractivity contribution in [1.82, 2.24) is 0 Å². The molecule has 4 aromatic rings. The molecule has 0 aliphatic rings. The molecule has 0 fully saturated rings. The molecule has 0 unspecified atom stereocenters. The fourth-order valence-electron chi connectivity index (χ4n) is 3.11. The van der Waals surface area contributed by atoms with Crippen LogP contribution in [0.1, 0.15) is 5.56 Å². The van der Waals surface area contributed by atoms with Crippen LogP contribution in [-0.4, -0.2) is 19.7 Å². The molecule has 3 aromatic carbocycles.